The number of hydrogen-bond donors (Lipinski definition) is 2. The van der Waals surface area contributed by atoms with Gasteiger partial charge < -0.3 is 10.2 Å². The summed E-state index contributed by atoms with van der Waals surface area (Å²) >= 11 is 0. The Morgan fingerprint density at radius 1 is 0.900 bits per heavy atom. The van der Waals surface area contributed by atoms with E-state index < -0.39 is 0 Å². The summed E-state index contributed by atoms with van der Waals surface area (Å²) in [7, 11) is 0. The molecule has 0 radical (unpaired) electrons. The molecule has 0 spiro atoms. The van der Waals surface area contributed by atoms with E-state index in [1.54, 1.807) is 0 Å². The van der Waals surface area contributed by atoms with E-state index in [1.165, 1.54) is 12.2 Å². The minimum absolute atomic E-state index is 0.0571. The highest BCUT2D eigenvalue weighted by molar-refractivity contribution is 4.88. The fourth-order valence-corrected chi connectivity index (χ4v) is 0.266. The third kappa shape index (κ3) is 6.78. The molecule has 0 aromatic rings. The molecule has 52 valence electrons. The summed E-state index contributed by atoms with van der Waals surface area (Å²) in [5.41, 5.74) is 9.89. The Hall–Kier alpha value is -1.22. The lowest BCUT2D eigenvalue weighted by Crippen LogP contribution is -1.64. The van der Waals surface area contributed by atoms with Gasteiger partial charge in [-0.3, -0.25) is 0 Å². The van der Waals surface area contributed by atoms with Crippen molar-refractivity contribution in [2.45, 2.75) is 0 Å². The van der Waals surface area contributed by atoms with Crippen LogP contribution in [0.3, 0.4) is 0 Å². The first-order valence-corrected chi connectivity index (χ1v) is 2.78. The van der Waals surface area contributed by atoms with E-state index in [-0.39, 0.29) is 13.2 Å². The van der Waals surface area contributed by atoms with Crippen LogP contribution in [0.2, 0.25) is 0 Å². The molecule has 0 atom stereocenters. The first-order valence-electron chi connectivity index (χ1n) is 2.78. The van der Waals surface area contributed by atoms with Gasteiger partial charge in [0.05, 0.1) is 13.2 Å². The molecule has 0 fully saturated rings. The van der Waals surface area contributed by atoms with Crippen LogP contribution in [0.1, 0.15) is 0 Å². The third-order valence-corrected chi connectivity index (χ3v) is 0.594. The predicted molar refractivity (Wildman–Crippen MR) is 37.4 cm³/mol. The predicted octanol–water partition coefficient (Wildman–Crippen LogP) is 0.148. The maximum absolute atomic E-state index is 8.21. The second-order valence-electron chi connectivity index (χ2n) is 1.31. The Labute approximate surface area is 59.4 Å². The van der Waals surface area contributed by atoms with Gasteiger partial charge >= 0.3 is 0 Å². The van der Waals surface area contributed by atoms with Gasteiger partial charge in [0, 0.05) is 0 Å². The van der Waals surface area contributed by atoms with Crippen molar-refractivity contribution >= 4 is 0 Å². The van der Waals surface area contributed by atoms with E-state index in [4.69, 9.17) is 10.2 Å². The fraction of sp³-hybridized carbons (Fsp3) is 0.250. The van der Waals surface area contributed by atoms with Gasteiger partial charge in [-0.2, -0.15) is 0 Å². The highest BCUT2D eigenvalue weighted by Crippen LogP contribution is 1.60. The van der Waals surface area contributed by atoms with Crippen molar-refractivity contribution in [2.75, 3.05) is 13.2 Å². The van der Waals surface area contributed by atoms with Gasteiger partial charge in [-0.1, -0.05) is 11.5 Å². The zero-order chi connectivity index (χ0) is 7.66. The molecule has 0 saturated heterocycles. The Morgan fingerprint density at radius 3 is 1.60 bits per heavy atom. The van der Waals surface area contributed by atoms with Gasteiger partial charge in [-0.05, 0) is 23.6 Å². The van der Waals surface area contributed by atoms with Crippen LogP contribution in [0.5, 0.6) is 0 Å². The SMILES string of the molecule is OCC=C=C=C=C=CCO. The largest absolute Gasteiger partial charge is 0.392 e. The number of hydrogen-bond acceptors (Lipinski definition) is 2. The van der Waals surface area contributed by atoms with E-state index in [1.807, 2.05) is 0 Å². The van der Waals surface area contributed by atoms with Crippen LogP contribution >= 0.6 is 0 Å². The van der Waals surface area contributed by atoms with Gasteiger partial charge in [0.25, 0.3) is 0 Å². The van der Waals surface area contributed by atoms with Gasteiger partial charge in [0.1, 0.15) is 0 Å². The normalized spacial score (nSPS) is 6.20. The van der Waals surface area contributed by atoms with Crippen molar-refractivity contribution in [1.82, 2.24) is 0 Å². The lowest BCUT2D eigenvalue weighted by Gasteiger charge is -1.63. The van der Waals surface area contributed by atoms with Crippen LogP contribution < -0.4 is 0 Å². The van der Waals surface area contributed by atoms with Crippen molar-refractivity contribution < 1.29 is 10.2 Å². The van der Waals surface area contributed by atoms with Gasteiger partial charge in [-0.15, -0.1) is 0 Å². The average molecular weight is 136 g/mol. The molecule has 0 aromatic carbocycles. The topological polar surface area (TPSA) is 40.5 Å². The van der Waals surface area contributed by atoms with Crippen LogP contribution in [-0.4, -0.2) is 23.4 Å². The summed E-state index contributed by atoms with van der Waals surface area (Å²) in [5.74, 6) is 0. The van der Waals surface area contributed by atoms with Gasteiger partial charge in [0.2, 0.25) is 0 Å². The van der Waals surface area contributed by atoms with Crippen LogP contribution in [0.4, 0.5) is 0 Å². The molecule has 0 amide bonds. The molecular weight excluding hydrogens is 128 g/mol. The molecule has 2 nitrogen and oxygen atoms in total. The van der Waals surface area contributed by atoms with E-state index in [0.29, 0.717) is 0 Å². The monoisotopic (exact) mass is 136 g/mol. The highest BCUT2D eigenvalue weighted by Gasteiger charge is 1.55. The molecule has 0 aliphatic rings. The van der Waals surface area contributed by atoms with Crippen molar-refractivity contribution in [3.63, 3.8) is 0 Å². The summed E-state index contributed by atoms with van der Waals surface area (Å²) < 4.78 is 0. The van der Waals surface area contributed by atoms with Crippen molar-refractivity contribution in [3.8, 4) is 0 Å². The zero-order valence-corrected chi connectivity index (χ0v) is 5.46. The lowest BCUT2D eigenvalue weighted by atomic mass is 10.6. The maximum atomic E-state index is 8.21. The summed E-state index contributed by atoms with van der Waals surface area (Å²) in [5, 5.41) is 16.4. The second kappa shape index (κ2) is 7.78. The molecule has 10 heavy (non-hydrogen) atoms. The summed E-state index contributed by atoms with van der Waals surface area (Å²) in [6, 6.07) is 0. The maximum Gasteiger partial charge on any atom is 0.0692 e. The Balaban J connectivity index is 4.22. The number of rotatable bonds is 2. The molecular formula is C8H8O2. The zero-order valence-electron chi connectivity index (χ0n) is 5.46. The molecule has 0 unspecified atom stereocenters. The summed E-state index contributed by atoms with van der Waals surface area (Å²) in [4.78, 5) is 0. The average Bonchev–Trinajstić information content (AvgIpc) is 1.97. The molecule has 2 heteroatoms. The van der Waals surface area contributed by atoms with E-state index in [2.05, 4.69) is 22.9 Å². The Bertz CT molecular complexity index is 202. The molecule has 0 saturated carbocycles. The van der Waals surface area contributed by atoms with E-state index in [9.17, 15) is 0 Å². The van der Waals surface area contributed by atoms with Gasteiger partial charge in [0.15, 0.2) is 0 Å². The molecule has 0 aliphatic carbocycles. The molecule has 0 aromatic heterocycles. The Kier molecular flexibility index (Phi) is 6.83. The van der Waals surface area contributed by atoms with Crippen molar-refractivity contribution in [1.29, 1.82) is 0 Å². The van der Waals surface area contributed by atoms with Crippen LogP contribution in [-0.2, 0) is 0 Å². The molecule has 0 heterocycles. The summed E-state index contributed by atoms with van der Waals surface area (Å²) in [6.07, 6.45) is 2.79. The lowest BCUT2D eigenvalue weighted by molar-refractivity contribution is 0.342. The van der Waals surface area contributed by atoms with Gasteiger partial charge in [-0.25, -0.2) is 0 Å². The van der Waals surface area contributed by atoms with Crippen molar-refractivity contribution in [2.24, 2.45) is 0 Å². The Morgan fingerprint density at radius 2 is 1.30 bits per heavy atom. The quantitative estimate of drug-likeness (QED) is 0.530. The summed E-state index contributed by atoms with van der Waals surface area (Å²) in [6.45, 7) is -0.114. The molecule has 0 bridgehead atoms. The number of aliphatic hydroxyl groups is 2. The first kappa shape index (κ1) is 8.78. The van der Waals surface area contributed by atoms with Crippen LogP contribution in [0.25, 0.3) is 0 Å². The van der Waals surface area contributed by atoms with E-state index in [0.717, 1.165) is 0 Å². The minimum Gasteiger partial charge on any atom is -0.392 e. The van der Waals surface area contributed by atoms with Crippen molar-refractivity contribution in [3.05, 3.63) is 35.1 Å². The molecule has 2 N–H and O–H groups in total. The standard InChI is InChI=1S/C8H8O2/c9-7-5-3-1-2-4-6-8-10/h5-6,9-10H,7-8H2. The third-order valence-electron chi connectivity index (χ3n) is 0.594. The minimum atomic E-state index is -0.0571. The fourth-order valence-electron chi connectivity index (χ4n) is 0.266. The van der Waals surface area contributed by atoms with Crippen LogP contribution in [0, 0.1) is 0 Å². The smallest absolute Gasteiger partial charge is 0.0692 e. The molecule has 0 aliphatic heterocycles. The van der Waals surface area contributed by atoms with E-state index >= 15 is 0 Å². The van der Waals surface area contributed by atoms with Crippen LogP contribution in [0.15, 0.2) is 35.1 Å². The highest BCUT2D eigenvalue weighted by atomic mass is 16.3. The number of aliphatic hydroxyl groups excluding tert-OH is 2. The first-order chi connectivity index (χ1) is 4.91. The molecule has 0 rings (SSSR count). The second-order valence-corrected chi connectivity index (χ2v) is 1.31.